The first-order chi connectivity index (χ1) is 6.89. The fourth-order valence-electron chi connectivity index (χ4n) is 1.04. The van der Waals surface area contributed by atoms with Gasteiger partial charge in [0.05, 0.1) is 12.7 Å². The van der Waals surface area contributed by atoms with Gasteiger partial charge in [-0.2, -0.15) is 8.78 Å². The van der Waals surface area contributed by atoms with E-state index in [0.717, 1.165) is 19.2 Å². The molecule has 0 unspecified atom stereocenters. The number of carboxylic acid groups (broad SMARTS) is 1. The predicted molar refractivity (Wildman–Crippen MR) is 49.5 cm³/mol. The SMILES string of the molecule is COc1cc(Cl)ccc1C(F)(F)C(=O)O. The molecule has 0 fully saturated rings. The number of methoxy groups -OCH3 is 1. The van der Waals surface area contributed by atoms with Gasteiger partial charge in [-0.15, -0.1) is 0 Å². The molecule has 0 aliphatic carbocycles. The monoisotopic (exact) mass is 236 g/mol. The summed E-state index contributed by atoms with van der Waals surface area (Å²) in [4.78, 5) is 10.3. The zero-order valence-corrected chi connectivity index (χ0v) is 8.39. The Hall–Kier alpha value is -1.36. The van der Waals surface area contributed by atoms with E-state index in [-0.39, 0.29) is 10.8 Å². The van der Waals surface area contributed by atoms with Crippen molar-refractivity contribution >= 4 is 17.6 Å². The van der Waals surface area contributed by atoms with Gasteiger partial charge in [0.1, 0.15) is 5.75 Å². The van der Waals surface area contributed by atoms with E-state index in [9.17, 15) is 13.6 Å². The second-order valence-electron chi connectivity index (χ2n) is 2.72. The maximum atomic E-state index is 13.1. The van der Waals surface area contributed by atoms with E-state index >= 15 is 0 Å². The van der Waals surface area contributed by atoms with Crippen molar-refractivity contribution in [2.24, 2.45) is 0 Å². The predicted octanol–water partition coefficient (Wildman–Crippen LogP) is 2.53. The number of halogens is 3. The number of hydrogen-bond acceptors (Lipinski definition) is 2. The molecule has 0 aliphatic rings. The summed E-state index contributed by atoms with van der Waals surface area (Å²) < 4.78 is 30.9. The number of aliphatic carboxylic acids is 1. The highest BCUT2D eigenvalue weighted by Gasteiger charge is 2.43. The number of carboxylic acids is 1. The van der Waals surface area contributed by atoms with E-state index in [2.05, 4.69) is 4.74 Å². The summed E-state index contributed by atoms with van der Waals surface area (Å²) in [6.45, 7) is 0. The Labute approximate surface area is 89.2 Å². The maximum Gasteiger partial charge on any atom is 0.379 e. The Morgan fingerprint density at radius 3 is 2.60 bits per heavy atom. The van der Waals surface area contributed by atoms with E-state index in [0.29, 0.717) is 0 Å². The Bertz CT molecular complexity index is 393. The summed E-state index contributed by atoms with van der Waals surface area (Å²) in [6.07, 6.45) is 0. The van der Waals surface area contributed by atoms with Crippen molar-refractivity contribution in [3.05, 3.63) is 28.8 Å². The summed E-state index contributed by atoms with van der Waals surface area (Å²) in [7, 11) is 1.16. The van der Waals surface area contributed by atoms with Gasteiger partial charge in [-0.1, -0.05) is 11.6 Å². The molecule has 0 saturated heterocycles. The van der Waals surface area contributed by atoms with Crippen LogP contribution in [0.3, 0.4) is 0 Å². The number of hydrogen-bond donors (Lipinski definition) is 1. The van der Waals surface area contributed by atoms with Gasteiger partial charge in [0.25, 0.3) is 0 Å². The van der Waals surface area contributed by atoms with Crippen LogP contribution < -0.4 is 4.74 Å². The molecule has 0 atom stereocenters. The summed E-state index contributed by atoms with van der Waals surface area (Å²) >= 11 is 5.55. The van der Waals surface area contributed by atoms with Crippen LogP contribution in [-0.4, -0.2) is 18.2 Å². The van der Waals surface area contributed by atoms with Crippen LogP contribution in [0.2, 0.25) is 5.02 Å². The molecule has 1 aromatic rings. The van der Waals surface area contributed by atoms with Crippen molar-refractivity contribution in [1.29, 1.82) is 0 Å². The van der Waals surface area contributed by atoms with Gasteiger partial charge in [0.2, 0.25) is 0 Å². The molecule has 0 spiro atoms. The van der Waals surface area contributed by atoms with Gasteiger partial charge in [-0.3, -0.25) is 0 Å². The smallest absolute Gasteiger partial charge is 0.379 e. The average Bonchev–Trinajstić information content (AvgIpc) is 2.16. The summed E-state index contributed by atoms with van der Waals surface area (Å²) in [5.74, 6) is -6.48. The van der Waals surface area contributed by atoms with Gasteiger partial charge in [0, 0.05) is 5.02 Å². The van der Waals surface area contributed by atoms with Crippen LogP contribution >= 0.6 is 11.6 Å². The minimum absolute atomic E-state index is 0.191. The molecular weight excluding hydrogens is 230 g/mol. The minimum atomic E-state index is -3.99. The molecule has 1 rings (SSSR count). The third kappa shape index (κ3) is 2.18. The normalized spacial score (nSPS) is 11.2. The van der Waals surface area contributed by atoms with E-state index in [1.807, 2.05) is 0 Å². The molecule has 0 amide bonds. The topological polar surface area (TPSA) is 46.5 Å². The lowest BCUT2D eigenvalue weighted by atomic mass is 10.1. The van der Waals surface area contributed by atoms with Crippen LogP contribution in [0.25, 0.3) is 0 Å². The quantitative estimate of drug-likeness (QED) is 0.877. The van der Waals surface area contributed by atoms with Gasteiger partial charge in [-0.25, -0.2) is 4.79 Å². The second kappa shape index (κ2) is 4.02. The zero-order valence-electron chi connectivity index (χ0n) is 7.63. The average molecular weight is 237 g/mol. The van der Waals surface area contributed by atoms with Gasteiger partial charge in [0.15, 0.2) is 0 Å². The van der Waals surface area contributed by atoms with Crippen molar-refractivity contribution in [3.8, 4) is 5.75 Å². The molecular formula is C9H7ClF2O3. The Balaban J connectivity index is 3.31. The Morgan fingerprint density at radius 2 is 2.13 bits per heavy atom. The number of benzene rings is 1. The van der Waals surface area contributed by atoms with Crippen molar-refractivity contribution in [1.82, 2.24) is 0 Å². The zero-order chi connectivity index (χ0) is 11.6. The summed E-state index contributed by atoms with van der Waals surface area (Å²) in [6, 6.07) is 3.24. The molecule has 1 aromatic carbocycles. The third-order valence-electron chi connectivity index (χ3n) is 1.77. The molecule has 0 aromatic heterocycles. The maximum absolute atomic E-state index is 13.1. The van der Waals surface area contributed by atoms with E-state index < -0.39 is 17.5 Å². The number of rotatable bonds is 3. The van der Waals surface area contributed by atoms with Crippen LogP contribution in [0.4, 0.5) is 8.78 Å². The summed E-state index contributed by atoms with van der Waals surface area (Å²) in [5, 5.41) is 8.54. The van der Waals surface area contributed by atoms with Crippen molar-refractivity contribution in [3.63, 3.8) is 0 Å². The van der Waals surface area contributed by atoms with Crippen LogP contribution in [0.1, 0.15) is 5.56 Å². The second-order valence-corrected chi connectivity index (χ2v) is 3.16. The molecule has 15 heavy (non-hydrogen) atoms. The lowest BCUT2D eigenvalue weighted by molar-refractivity contribution is -0.166. The van der Waals surface area contributed by atoms with E-state index in [1.165, 1.54) is 6.07 Å². The molecule has 0 bridgehead atoms. The minimum Gasteiger partial charge on any atom is -0.496 e. The molecule has 3 nitrogen and oxygen atoms in total. The molecule has 0 heterocycles. The molecule has 0 saturated carbocycles. The number of ether oxygens (including phenoxy) is 1. The fourth-order valence-corrected chi connectivity index (χ4v) is 1.20. The Kier molecular flexibility index (Phi) is 3.14. The highest BCUT2D eigenvalue weighted by molar-refractivity contribution is 6.30. The molecule has 0 radical (unpaired) electrons. The van der Waals surface area contributed by atoms with Gasteiger partial charge < -0.3 is 9.84 Å². The van der Waals surface area contributed by atoms with Crippen LogP contribution in [0.15, 0.2) is 18.2 Å². The van der Waals surface area contributed by atoms with Crippen molar-refractivity contribution in [2.75, 3.05) is 7.11 Å². The lowest BCUT2D eigenvalue weighted by Gasteiger charge is -2.15. The Morgan fingerprint density at radius 1 is 1.53 bits per heavy atom. The molecule has 0 aliphatic heterocycles. The van der Waals surface area contributed by atoms with Crippen molar-refractivity contribution < 1.29 is 23.4 Å². The molecule has 6 heteroatoms. The number of carbonyl (C=O) groups is 1. The first kappa shape index (κ1) is 11.7. The fraction of sp³-hybridized carbons (Fsp3) is 0.222. The molecule has 82 valence electrons. The van der Waals surface area contributed by atoms with E-state index in [4.69, 9.17) is 16.7 Å². The van der Waals surface area contributed by atoms with Gasteiger partial charge >= 0.3 is 11.9 Å². The highest BCUT2D eigenvalue weighted by Crippen LogP contribution is 2.36. The lowest BCUT2D eigenvalue weighted by Crippen LogP contribution is -2.25. The number of alkyl halides is 2. The molecule has 1 N–H and O–H groups in total. The third-order valence-corrected chi connectivity index (χ3v) is 2.01. The van der Waals surface area contributed by atoms with Crippen LogP contribution in [0, 0.1) is 0 Å². The first-order valence-electron chi connectivity index (χ1n) is 3.85. The standard InChI is InChI=1S/C9H7ClF2O3/c1-15-7-4-5(10)2-3-6(7)9(11,12)8(13)14/h2-4H,1H3,(H,13,14). The highest BCUT2D eigenvalue weighted by atomic mass is 35.5. The van der Waals surface area contributed by atoms with Crippen LogP contribution in [-0.2, 0) is 10.7 Å². The largest absolute Gasteiger partial charge is 0.496 e. The van der Waals surface area contributed by atoms with Crippen molar-refractivity contribution in [2.45, 2.75) is 5.92 Å². The summed E-state index contributed by atoms with van der Waals surface area (Å²) in [5.41, 5.74) is -0.720. The van der Waals surface area contributed by atoms with Gasteiger partial charge in [-0.05, 0) is 18.2 Å². The van der Waals surface area contributed by atoms with Crippen LogP contribution in [0.5, 0.6) is 5.75 Å². The first-order valence-corrected chi connectivity index (χ1v) is 4.22. The van der Waals surface area contributed by atoms with E-state index in [1.54, 1.807) is 0 Å².